The van der Waals surface area contributed by atoms with Crippen molar-refractivity contribution in [3.05, 3.63) is 71.3 Å². The second-order valence-electron chi connectivity index (χ2n) is 7.17. The molecule has 3 amide bonds. The minimum absolute atomic E-state index is 0.187. The fourth-order valence-corrected chi connectivity index (χ4v) is 2.77. The molecule has 0 aliphatic heterocycles. The van der Waals surface area contributed by atoms with Crippen LogP contribution in [0.25, 0.3) is 5.57 Å². The van der Waals surface area contributed by atoms with Gasteiger partial charge in [-0.2, -0.15) is 0 Å². The zero-order valence-electron chi connectivity index (χ0n) is 16.6. The molecule has 0 spiro atoms. The van der Waals surface area contributed by atoms with Crippen LogP contribution in [0, 0.1) is 6.92 Å². The quantitative estimate of drug-likeness (QED) is 0.733. The van der Waals surface area contributed by atoms with Crippen molar-refractivity contribution < 1.29 is 9.59 Å². The van der Waals surface area contributed by atoms with E-state index in [0.717, 1.165) is 22.3 Å². The SMILES string of the molecule is C=C(C)c1cccc(C(C)(C)NC(=O)Nc2ccc(C)c(C(=O)NC)c2)c1. The summed E-state index contributed by atoms with van der Waals surface area (Å²) in [6.07, 6.45) is 0. The van der Waals surface area contributed by atoms with Gasteiger partial charge in [-0.15, -0.1) is 0 Å². The minimum Gasteiger partial charge on any atom is -0.355 e. The lowest BCUT2D eigenvalue weighted by Gasteiger charge is -2.27. The van der Waals surface area contributed by atoms with Gasteiger partial charge in [-0.1, -0.05) is 36.4 Å². The van der Waals surface area contributed by atoms with E-state index < -0.39 is 5.54 Å². The Morgan fingerprint density at radius 3 is 2.41 bits per heavy atom. The van der Waals surface area contributed by atoms with Gasteiger partial charge in [0.05, 0.1) is 5.54 Å². The van der Waals surface area contributed by atoms with E-state index in [4.69, 9.17) is 0 Å². The molecule has 5 heteroatoms. The fourth-order valence-electron chi connectivity index (χ4n) is 2.77. The molecular formula is C22H27N3O2. The number of allylic oxidation sites excluding steroid dienone is 1. The summed E-state index contributed by atoms with van der Waals surface area (Å²) in [7, 11) is 1.58. The van der Waals surface area contributed by atoms with Gasteiger partial charge in [0.25, 0.3) is 5.91 Å². The van der Waals surface area contributed by atoms with Gasteiger partial charge in [0.2, 0.25) is 0 Å². The number of hydrogen-bond donors (Lipinski definition) is 3. The number of urea groups is 1. The van der Waals surface area contributed by atoms with E-state index in [9.17, 15) is 9.59 Å². The predicted molar refractivity (Wildman–Crippen MR) is 111 cm³/mol. The highest BCUT2D eigenvalue weighted by Crippen LogP contribution is 2.24. The zero-order valence-corrected chi connectivity index (χ0v) is 16.6. The lowest BCUT2D eigenvalue weighted by molar-refractivity contribution is 0.0962. The molecular weight excluding hydrogens is 338 g/mol. The Bertz CT molecular complexity index is 885. The summed E-state index contributed by atoms with van der Waals surface area (Å²) in [6.45, 7) is 11.7. The summed E-state index contributed by atoms with van der Waals surface area (Å²) in [5.41, 5.74) is 4.34. The van der Waals surface area contributed by atoms with Gasteiger partial charge in [-0.05, 0) is 62.6 Å². The normalized spacial score (nSPS) is 10.9. The Labute approximate surface area is 160 Å². The molecule has 2 aromatic carbocycles. The summed E-state index contributed by atoms with van der Waals surface area (Å²) in [5.74, 6) is -0.187. The topological polar surface area (TPSA) is 70.2 Å². The second-order valence-corrected chi connectivity index (χ2v) is 7.17. The van der Waals surface area contributed by atoms with E-state index in [1.165, 1.54) is 0 Å². The van der Waals surface area contributed by atoms with Gasteiger partial charge >= 0.3 is 6.03 Å². The van der Waals surface area contributed by atoms with E-state index in [2.05, 4.69) is 22.5 Å². The van der Waals surface area contributed by atoms with Crippen molar-refractivity contribution in [2.24, 2.45) is 0 Å². The molecule has 0 radical (unpaired) electrons. The largest absolute Gasteiger partial charge is 0.355 e. The third-order valence-corrected chi connectivity index (χ3v) is 4.47. The Balaban J connectivity index is 2.16. The van der Waals surface area contributed by atoms with Crippen LogP contribution < -0.4 is 16.0 Å². The second kappa shape index (κ2) is 8.08. The Kier molecular flexibility index (Phi) is 6.05. The van der Waals surface area contributed by atoms with Crippen molar-refractivity contribution in [3.63, 3.8) is 0 Å². The number of hydrogen-bond acceptors (Lipinski definition) is 2. The first kappa shape index (κ1) is 20.2. The van der Waals surface area contributed by atoms with Gasteiger partial charge in [0, 0.05) is 18.3 Å². The maximum absolute atomic E-state index is 12.5. The Morgan fingerprint density at radius 1 is 1.07 bits per heavy atom. The van der Waals surface area contributed by atoms with Gasteiger partial charge in [0.1, 0.15) is 0 Å². The summed E-state index contributed by atoms with van der Waals surface area (Å²) in [6, 6.07) is 12.9. The molecule has 0 aliphatic carbocycles. The van der Waals surface area contributed by atoms with E-state index in [1.807, 2.05) is 58.0 Å². The molecule has 142 valence electrons. The van der Waals surface area contributed by atoms with Gasteiger partial charge in [-0.25, -0.2) is 4.79 Å². The summed E-state index contributed by atoms with van der Waals surface area (Å²) >= 11 is 0. The van der Waals surface area contributed by atoms with E-state index in [-0.39, 0.29) is 11.9 Å². The Hall–Kier alpha value is -3.08. The predicted octanol–water partition coefficient (Wildman–Crippen LogP) is 4.44. The van der Waals surface area contributed by atoms with Crippen LogP contribution in [0.3, 0.4) is 0 Å². The number of carbonyl (C=O) groups is 2. The van der Waals surface area contributed by atoms with Crippen LogP contribution in [-0.2, 0) is 5.54 Å². The van der Waals surface area contributed by atoms with Crippen LogP contribution in [-0.4, -0.2) is 19.0 Å². The number of nitrogens with one attached hydrogen (secondary N) is 3. The molecule has 0 aromatic heterocycles. The summed E-state index contributed by atoms with van der Waals surface area (Å²) in [4.78, 5) is 24.4. The van der Waals surface area contributed by atoms with Gasteiger partial charge in [0.15, 0.2) is 0 Å². The molecule has 0 heterocycles. The van der Waals surface area contributed by atoms with Crippen LogP contribution >= 0.6 is 0 Å². The lowest BCUT2D eigenvalue weighted by Crippen LogP contribution is -2.43. The van der Waals surface area contributed by atoms with E-state index >= 15 is 0 Å². The molecule has 0 atom stereocenters. The number of amides is 3. The van der Waals surface area contributed by atoms with E-state index in [1.54, 1.807) is 19.2 Å². The minimum atomic E-state index is -0.580. The molecule has 0 saturated heterocycles. The van der Waals surface area contributed by atoms with Crippen molar-refractivity contribution in [2.75, 3.05) is 12.4 Å². The molecule has 0 fully saturated rings. The van der Waals surface area contributed by atoms with Gasteiger partial charge in [-0.3, -0.25) is 4.79 Å². The summed E-state index contributed by atoms with van der Waals surface area (Å²) in [5, 5.41) is 8.39. The number of rotatable bonds is 5. The number of anilines is 1. The Morgan fingerprint density at radius 2 is 1.78 bits per heavy atom. The maximum Gasteiger partial charge on any atom is 0.319 e. The smallest absolute Gasteiger partial charge is 0.319 e. The lowest BCUT2D eigenvalue weighted by atomic mass is 9.92. The molecule has 0 bridgehead atoms. The third-order valence-electron chi connectivity index (χ3n) is 4.47. The highest BCUT2D eigenvalue weighted by molar-refractivity contribution is 5.98. The highest BCUT2D eigenvalue weighted by Gasteiger charge is 2.23. The number of carbonyl (C=O) groups excluding carboxylic acids is 2. The zero-order chi connectivity index (χ0) is 20.2. The van der Waals surface area contributed by atoms with Crippen LogP contribution in [0.1, 0.15) is 47.8 Å². The van der Waals surface area contributed by atoms with E-state index in [0.29, 0.717) is 11.3 Å². The van der Waals surface area contributed by atoms with Crippen LogP contribution in [0.4, 0.5) is 10.5 Å². The molecule has 2 rings (SSSR count). The first-order chi connectivity index (χ1) is 12.6. The fraction of sp³-hybridized carbons (Fsp3) is 0.273. The first-order valence-corrected chi connectivity index (χ1v) is 8.82. The van der Waals surface area contributed by atoms with Crippen molar-refractivity contribution in [1.29, 1.82) is 0 Å². The van der Waals surface area contributed by atoms with Crippen molar-refractivity contribution in [1.82, 2.24) is 10.6 Å². The first-order valence-electron chi connectivity index (χ1n) is 8.82. The molecule has 0 aliphatic rings. The highest BCUT2D eigenvalue weighted by atomic mass is 16.2. The monoisotopic (exact) mass is 365 g/mol. The number of aryl methyl sites for hydroxylation is 1. The van der Waals surface area contributed by atoms with Crippen LogP contribution in [0.5, 0.6) is 0 Å². The van der Waals surface area contributed by atoms with Crippen LogP contribution in [0.15, 0.2) is 49.0 Å². The van der Waals surface area contributed by atoms with Crippen molar-refractivity contribution >= 4 is 23.2 Å². The average Bonchev–Trinajstić information content (AvgIpc) is 2.62. The summed E-state index contributed by atoms with van der Waals surface area (Å²) < 4.78 is 0. The van der Waals surface area contributed by atoms with Crippen LogP contribution in [0.2, 0.25) is 0 Å². The average molecular weight is 365 g/mol. The molecule has 2 aromatic rings. The molecule has 3 N–H and O–H groups in total. The van der Waals surface area contributed by atoms with Gasteiger partial charge < -0.3 is 16.0 Å². The molecule has 0 unspecified atom stereocenters. The maximum atomic E-state index is 12.5. The van der Waals surface area contributed by atoms with Crippen molar-refractivity contribution in [2.45, 2.75) is 33.2 Å². The number of benzene rings is 2. The third kappa shape index (κ3) is 4.97. The van der Waals surface area contributed by atoms with Crippen molar-refractivity contribution in [3.8, 4) is 0 Å². The molecule has 5 nitrogen and oxygen atoms in total. The molecule has 27 heavy (non-hydrogen) atoms. The standard InChI is InChI=1S/C22H27N3O2/c1-14(2)16-8-7-9-17(12-16)22(4,5)25-21(27)24-18-11-10-15(3)19(13-18)20(26)23-6/h7-13H,1H2,2-6H3,(H,23,26)(H2,24,25,27). The molecule has 0 saturated carbocycles.